The topological polar surface area (TPSA) is 120 Å². The highest BCUT2D eigenvalue weighted by Gasteiger charge is 2.27. The number of halogens is 3. The molecule has 1 fully saturated rings. The van der Waals surface area contributed by atoms with Gasteiger partial charge in [-0.25, -0.2) is 23.4 Å². The quantitative estimate of drug-likeness (QED) is 0.271. The molecule has 1 aromatic carbocycles. The Labute approximate surface area is 249 Å². The van der Waals surface area contributed by atoms with Gasteiger partial charge < -0.3 is 10.3 Å². The molecule has 222 valence electrons. The fourth-order valence-corrected chi connectivity index (χ4v) is 5.99. The van der Waals surface area contributed by atoms with Gasteiger partial charge in [0.25, 0.3) is 12.3 Å². The van der Waals surface area contributed by atoms with Crippen LogP contribution in [-0.4, -0.2) is 40.6 Å². The number of nitrogens with one attached hydrogen (secondary N) is 2. The summed E-state index contributed by atoms with van der Waals surface area (Å²) in [6, 6.07) is 10.4. The first-order valence-corrected chi connectivity index (χ1v) is 14.3. The lowest BCUT2D eigenvalue weighted by Crippen LogP contribution is -2.39. The summed E-state index contributed by atoms with van der Waals surface area (Å²) in [5, 5.41) is 2.97. The number of carbonyl (C=O) groups excluding carboxylic acids is 1. The number of fused-ring (bicyclic) bond motifs is 1. The molecule has 5 aromatic rings. The summed E-state index contributed by atoms with van der Waals surface area (Å²) in [5.41, 5.74) is 1.63. The van der Waals surface area contributed by atoms with E-state index in [0.717, 1.165) is 35.6 Å². The second kappa shape index (κ2) is 11.6. The molecule has 0 aliphatic heterocycles. The van der Waals surface area contributed by atoms with Gasteiger partial charge >= 0.3 is 11.4 Å². The molecule has 6 rings (SSSR count). The summed E-state index contributed by atoms with van der Waals surface area (Å²) in [6.45, 7) is 2.36. The standard InChI is InChI=1S/C30H28ClF2N7O3/c1-17-12-25(38-11-10-34-29(38)42)35-15-24(17)40-23-5-3-2-4-22(23)39(30(40)43)16-18-6-8-20(9-7-18)37-28(41)21-13-19(31)14-36-26(21)27(32)33/h2-5,10-15,18,20,27H,6-9,16H2,1H3,(H,34,42)(H,37,41). The van der Waals surface area contributed by atoms with Crippen LogP contribution >= 0.6 is 11.6 Å². The number of amides is 1. The fraction of sp³-hybridized carbons (Fsp3) is 0.300. The SMILES string of the molecule is Cc1cc(-n2cc[nH]c2=O)ncc1-n1c(=O)n(CC2CCC(NC(=O)c3cc(Cl)cnc3C(F)F)CC2)c2ccccc21. The molecule has 2 N–H and O–H groups in total. The van der Waals surface area contributed by atoms with E-state index in [2.05, 4.69) is 20.3 Å². The first-order chi connectivity index (χ1) is 20.7. The zero-order chi connectivity index (χ0) is 30.2. The number of imidazole rings is 2. The average Bonchev–Trinajstić information content (AvgIpc) is 3.54. The van der Waals surface area contributed by atoms with Crippen molar-refractivity contribution in [2.24, 2.45) is 5.92 Å². The van der Waals surface area contributed by atoms with Crippen LogP contribution in [0, 0.1) is 12.8 Å². The summed E-state index contributed by atoms with van der Waals surface area (Å²) in [7, 11) is 0. The van der Waals surface area contributed by atoms with Gasteiger partial charge in [0.15, 0.2) is 0 Å². The third kappa shape index (κ3) is 5.50. The van der Waals surface area contributed by atoms with Crippen molar-refractivity contribution in [3.8, 4) is 11.5 Å². The molecule has 0 unspecified atom stereocenters. The van der Waals surface area contributed by atoms with E-state index in [1.54, 1.807) is 27.6 Å². The Kier molecular flexibility index (Phi) is 7.70. The van der Waals surface area contributed by atoms with Crippen molar-refractivity contribution in [1.29, 1.82) is 0 Å². The third-order valence-electron chi connectivity index (χ3n) is 8.00. The van der Waals surface area contributed by atoms with Crippen molar-refractivity contribution in [1.82, 2.24) is 34.0 Å². The number of pyridine rings is 2. The summed E-state index contributed by atoms with van der Waals surface area (Å²) in [4.78, 5) is 49.4. The van der Waals surface area contributed by atoms with Gasteiger partial charge in [-0.3, -0.25) is 23.5 Å². The molecule has 1 amide bonds. The zero-order valence-electron chi connectivity index (χ0n) is 23.1. The molecule has 4 aromatic heterocycles. The molecule has 1 aliphatic carbocycles. The van der Waals surface area contributed by atoms with Crippen LogP contribution in [0.3, 0.4) is 0 Å². The maximum Gasteiger partial charge on any atom is 0.333 e. The van der Waals surface area contributed by atoms with Crippen LogP contribution in [0.1, 0.15) is 53.7 Å². The first kappa shape index (κ1) is 28.5. The zero-order valence-corrected chi connectivity index (χ0v) is 23.9. The smallest absolute Gasteiger partial charge is 0.333 e. The van der Waals surface area contributed by atoms with Gasteiger partial charge in [-0.2, -0.15) is 0 Å². The number of rotatable bonds is 7. The Morgan fingerprint density at radius 2 is 1.84 bits per heavy atom. The first-order valence-electron chi connectivity index (χ1n) is 13.9. The Hall–Kier alpha value is -4.58. The van der Waals surface area contributed by atoms with Gasteiger partial charge in [-0.05, 0) is 68.4 Å². The normalized spacial score (nSPS) is 17.0. The van der Waals surface area contributed by atoms with Gasteiger partial charge in [0.1, 0.15) is 11.5 Å². The molecule has 0 bridgehead atoms. The van der Waals surface area contributed by atoms with Crippen LogP contribution in [-0.2, 0) is 6.54 Å². The lowest BCUT2D eigenvalue weighted by Gasteiger charge is -2.29. The van der Waals surface area contributed by atoms with Gasteiger partial charge in [0.2, 0.25) is 0 Å². The number of aromatic nitrogens is 6. The van der Waals surface area contributed by atoms with E-state index >= 15 is 0 Å². The Morgan fingerprint density at radius 3 is 2.51 bits per heavy atom. The van der Waals surface area contributed by atoms with Gasteiger partial charge in [0, 0.05) is 31.2 Å². The predicted molar refractivity (Wildman–Crippen MR) is 157 cm³/mol. The summed E-state index contributed by atoms with van der Waals surface area (Å²) >= 11 is 5.91. The van der Waals surface area contributed by atoms with Crippen LogP contribution in [0.4, 0.5) is 8.78 Å². The van der Waals surface area contributed by atoms with E-state index in [-0.39, 0.29) is 33.9 Å². The van der Waals surface area contributed by atoms with E-state index < -0.39 is 18.0 Å². The average molecular weight is 608 g/mol. The van der Waals surface area contributed by atoms with Gasteiger partial charge in [-0.1, -0.05) is 23.7 Å². The number of aromatic amines is 1. The molecule has 13 heteroatoms. The Balaban J connectivity index is 1.20. The maximum absolute atomic E-state index is 13.9. The van der Waals surface area contributed by atoms with Crippen molar-refractivity contribution >= 4 is 28.5 Å². The van der Waals surface area contributed by atoms with Gasteiger partial charge in [-0.15, -0.1) is 0 Å². The Morgan fingerprint density at radius 1 is 1.09 bits per heavy atom. The minimum Gasteiger partial charge on any atom is -0.349 e. The van der Waals surface area contributed by atoms with Crippen LogP contribution < -0.4 is 16.7 Å². The van der Waals surface area contributed by atoms with E-state index in [0.29, 0.717) is 30.9 Å². The number of para-hydroxylation sites is 2. The molecule has 0 saturated heterocycles. The second-order valence-corrected chi connectivity index (χ2v) is 11.2. The largest absolute Gasteiger partial charge is 0.349 e. The highest BCUT2D eigenvalue weighted by Crippen LogP contribution is 2.29. The minimum atomic E-state index is -2.89. The maximum atomic E-state index is 13.9. The molecule has 43 heavy (non-hydrogen) atoms. The van der Waals surface area contributed by atoms with Crippen LogP contribution in [0.2, 0.25) is 5.02 Å². The van der Waals surface area contributed by atoms with E-state index in [4.69, 9.17) is 11.6 Å². The summed E-state index contributed by atoms with van der Waals surface area (Å²) < 4.78 is 31.6. The number of carbonyl (C=O) groups is 1. The van der Waals surface area contributed by atoms with E-state index in [9.17, 15) is 23.2 Å². The number of hydrogen-bond acceptors (Lipinski definition) is 5. The molecule has 1 saturated carbocycles. The number of H-pyrrole nitrogens is 1. The molecule has 10 nitrogen and oxygen atoms in total. The lowest BCUT2D eigenvalue weighted by molar-refractivity contribution is 0.0904. The molecular weight excluding hydrogens is 580 g/mol. The number of benzene rings is 1. The summed E-state index contributed by atoms with van der Waals surface area (Å²) in [5.74, 6) is 0.00578. The predicted octanol–water partition coefficient (Wildman–Crippen LogP) is 4.95. The molecule has 0 radical (unpaired) electrons. The minimum absolute atomic E-state index is 0.112. The summed E-state index contributed by atoms with van der Waals surface area (Å²) in [6.07, 6.45) is 5.71. The highest BCUT2D eigenvalue weighted by atomic mass is 35.5. The molecule has 0 atom stereocenters. The number of alkyl halides is 2. The van der Waals surface area contributed by atoms with Gasteiger partial charge in [0.05, 0.1) is 33.5 Å². The van der Waals surface area contributed by atoms with Crippen LogP contribution in [0.25, 0.3) is 22.5 Å². The molecular formula is C30H28ClF2N7O3. The molecule has 0 spiro atoms. The van der Waals surface area contributed by atoms with Crippen molar-refractivity contribution in [3.63, 3.8) is 0 Å². The molecule has 1 aliphatic rings. The van der Waals surface area contributed by atoms with Crippen molar-refractivity contribution in [3.05, 3.63) is 104 Å². The highest BCUT2D eigenvalue weighted by molar-refractivity contribution is 6.30. The van der Waals surface area contributed by atoms with Crippen molar-refractivity contribution in [2.75, 3.05) is 0 Å². The van der Waals surface area contributed by atoms with E-state index in [1.165, 1.54) is 16.8 Å². The van der Waals surface area contributed by atoms with Crippen LogP contribution in [0.5, 0.6) is 0 Å². The number of hydrogen-bond donors (Lipinski definition) is 2. The van der Waals surface area contributed by atoms with E-state index in [1.807, 2.05) is 31.2 Å². The van der Waals surface area contributed by atoms with Crippen LogP contribution in [0.15, 0.2) is 70.8 Å². The molecule has 4 heterocycles. The Bertz CT molecular complexity index is 1940. The van der Waals surface area contributed by atoms with Crippen molar-refractivity contribution in [2.45, 2.75) is 51.6 Å². The lowest BCUT2D eigenvalue weighted by atomic mass is 9.85. The number of nitrogens with zero attached hydrogens (tertiary/aromatic N) is 5. The second-order valence-electron chi connectivity index (χ2n) is 10.8. The number of aryl methyl sites for hydroxylation is 1. The monoisotopic (exact) mass is 607 g/mol. The third-order valence-corrected chi connectivity index (χ3v) is 8.21. The van der Waals surface area contributed by atoms with Crippen molar-refractivity contribution < 1.29 is 13.6 Å². The fourth-order valence-electron chi connectivity index (χ4n) is 5.83.